The lowest BCUT2D eigenvalue weighted by Crippen LogP contribution is -2.07. The molecule has 0 bridgehead atoms. The first-order valence-corrected chi connectivity index (χ1v) is 6.75. The highest BCUT2D eigenvalue weighted by molar-refractivity contribution is 5.85. The fraction of sp³-hybridized carbons (Fsp3) is 0.188. The van der Waals surface area contributed by atoms with Gasteiger partial charge >= 0.3 is 11.6 Å². The highest BCUT2D eigenvalue weighted by Crippen LogP contribution is 2.31. The lowest BCUT2D eigenvalue weighted by molar-refractivity contribution is 0.355. The van der Waals surface area contributed by atoms with Crippen molar-refractivity contribution in [1.29, 1.82) is 0 Å². The van der Waals surface area contributed by atoms with Crippen molar-refractivity contribution in [3.8, 4) is 29.0 Å². The molecule has 7 nitrogen and oxygen atoms in total. The second-order valence-corrected chi connectivity index (χ2v) is 4.58. The van der Waals surface area contributed by atoms with Crippen LogP contribution in [-0.2, 0) is 0 Å². The summed E-state index contributed by atoms with van der Waals surface area (Å²) < 4.78 is 20.9. The van der Waals surface area contributed by atoms with Crippen LogP contribution in [0.2, 0.25) is 0 Å². The Morgan fingerprint density at radius 1 is 1.00 bits per heavy atom. The van der Waals surface area contributed by atoms with Gasteiger partial charge in [-0.3, -0.25) is 0 Å². The summed E-state index contributed by atoms with van der Waals surface area (Å²) in [6.45, 7) is 0. The van der Waals surface area contributed by atoms with E-state index < -0.39 is 5.63 Å². The molecule has 0 atom stereocenters. The van der Waals surface area contributed by atoms with Crippen LogP contribution in [0.25, 0.3) is 22.2 Å². The monoisotopic (exact) mass is 314 g/mol. The van der Waals surface area contributed by atoms with E-state index in [-0.39, 0.29) is 17.3 Å². The van der Waals surface area contributed by atoms with Gasteiger partial charge in [-0.1, -0.05) is 12.1 Å². The van der Waals surface area contributed by atoms with Gasteiger partial charge in [0, 0.05) is 6.07 Å². The van der Waals surface area contributed by atoms with Crippen LogP contribution in [0, 0.1) is 0 Å². The number of ether oxygens (including phenoxy) is 3. The highest BCUT2D eigenvalue weighted by atomic mass is 16.5. The fourth-order valence-electron chi connectivity index (χ4n) is 2.26. The number of fused-ring (bicyclic) bond motifs is 1. The van der Waals surface area contributed by atoms with Gasteiger partial charge in [0.1, 0.15) is 16.9 Å². The number of methoxy groups -OCH3 is 3. The first kappa shape index (κ1) is 14.8. The van der Waals surface area contributed by atoms with Gasteiger partial charge in [-0.2, -0.15) is 9.97 Å². The molecule has 3 aromatic rings. The average Bonchev–Trinajstić information content (AvgIpc) is 2.60. The summed E-state index contributed by atoms with van der Waals surface area (Å²) in [4.78, 5) is 20.5. The van der Waals surface area contributed by atoms with E-state index in [1.165, 1.54) is 14.2 Å². The molecule has 23 heavy (non-hydrogen) atoms. The Balaban J connectivity index is 2.31. The Morgan fingerprint density at radius 2 is 1.78 bits per heavy atom. The molecule has 118 valence electrons. The fourth-order valence-corrected chi connectivity index (χ4v) is 2.26. The zero-order valence-electron chi connectivity index (χ0n) is 12.8. The summed E-state index contributed by atoms with van der Waals surface area (Å²) >= 11 is 0. The van der Waals surface area contributed by atoms with Crippen molar-refractivity contribution in [3.05, 3.63) is 40.8 Å². The first-order valence-electron chi connectivity index (χ1n) is 6.75. The lowest BCUT2D eigenvalue weighted by Gasteiger charge is -2.09. The molecule has 0 aliphatic rings. The van der Waals surface area contributed by atoms with E-state index in [1.54, 1.807) is 25.3 Å². The summed E-state index contributed by atoms with van der Waals surface area (Å²) in [6, 6.07) is 8.95. The van der Waals surface area contributed by atoms with Crippen molar-refractivity contribution in [2.45, 2.75) is 0 Å². The summed E-state index contributed by atoms with van der Waals surface area (Å²) in [5.74, 6) is 1.03. The average molecular weight is 314 g/mol. The minimum Gasteiger partial charge on any atom is -0.496 e. The van der Waals surface area contributed by atoms with E-state index in [1.807, 2.05) is 12.1 Å². The molecule has 7 heteroatoms. The Hall–Kier alpha value is -3.09. The summed E-state index contributed by atoms with van der Waals surface area (Å²) in [5, 5.41) is 0.159. The Labute approximate surface area is 131 Å². The minimum atomic E-state index is -0.595. The number of hydrogen-bond acceptors (Lipinski definition) is 7. The van der Waals surface area contributed by atoms with Crippen molar-refractivity contribution in [2.75, 3.05) is 21.3 Å². The van der Waals surface area contributed by atoms with E-state index in [0.717, 1.165) is 0 Å². The van der Waals surface area contributed by atoms with E-state index in [4.69, 9.17) is 18.6 Å². The molecule has 0 spiro atoms. The van der Waals surface area contributed by atoms with Crippen molar-refractivity contribution in [1.82, 2.24) is 9.97 Å². The van der Waals surface area contributed by atoms with Crippen molar-refractivity contribution < 1.29 is 18.6 Å². The van der Waals surface area contributed by atoms with Crippen molar-refractivity contribution >= 4 is 10.9 Å². The van der Waals surface area contributed by atoms with Gasteiger partial charge in [0.05, 0.1) is 32.4 Å². The molecule has 0 unspecified atom stereocenters. The van der Waals surface area contributed by atoms with E-state index in [0.29, 0.717) is 22.6 Å². The maximum absolute atomic E-state index is 12.3. The molecule has 2 heterocycles. The van der Waals surface area contributed by atoms with E-state index in [2.05, 4.69) is 9.97 Å². The van der Waals surface area contributed by atoms with Gasteiger partial charge < -0.3 is 18.6 Å². The van der Waals surface area contributed by atoms with Crippen LogP contribution >= 0.6 is 0 Å². The van der Waals surface area contributed by atoms with Crippen molar-refractivity contribution in [3.63, 3.8) is 0 Å². The van der Waals surface area contributed by atoms with Crippen LogP contribution < -0.4 is 19.8 Å². The van der Waals surface area contributed by atoms with Crippen LogP contribution in [0.5, 0.6) is 17.6 Å². The Morgan fingerprint density at radius 3 is 2.48 bits per heavy atom. The maximum Gasteiger partial charge on any atom is 0.351 e. The second kappa shape index (κ2) is 5.96. The van der Waals surface area contributed by atoms with Gasteiger partial charge in [0.25, 0.3) is 0 Å². The predicted molar refractivity (Wildman–Crippen MR) is 83.2 cm³/mol. The molecule has 0 saturated carbocycles. The molecule has 2 aromatic heterocycles. The molecule has 0 radical (unpaired) electrons. The zero-order valence-corrected chi connectivity index (χ0v) is 12.8. The number of rotatable bonds is 4. The molecule has 0 saturated heterocycles. The lowest BCUT2D eigenvalue weighted by atomic mass is 10.1. The Bertz CT molecular complexity index is 920. The van der Waals surface area contributed by atoms with E-state index >= 15 is 0 Å². The molecular formula is C16H14N2O5. The Kier molecular flexibility index (Phi) is 3.84. The number of benzene rings is 1. The number of hydrogen-bond donors (Lipinski definition) is 0. The molecule has 0 aliphatic heterocycles. The zero-order chi connectivity index (χ0) is 16.4. The standard InChI is InChI=1S/C16H14N2O5/c1-20-11-7-5-4-6-9(11)12-8-10-13(15(19)23-12)14(21-2)18-16(17-10)22-3/h4-8H,1-3H3. The predicted octanol–water partition coefficient (Wildman–Crippen LogP) is 2.28. The van der Waals surface area contributed by atoms with Gasteiger partial charge in [0.2, 0.25) is 5.88 Å². The number of para-hydroxylation sites is 1. The van der Waals surface area contributed by atoms with Crippen LogP contribution in [-0.4, -0.2) is 31.3 Å². The molecule has 3 rings (SSSR count). The van der Waals surface area contributed by atoms with Crippen molar-refractivity contribution in [2.24, 2.45) is 0 Å². The smallest absolute Gasteiger partial charge is 0.351 e. The second-order valence-electron chi connectivity index (χ2n) is 4.58. The summed E-state index contributed by atoms with van der Waals surface area (Å²) in [7, 11) is 4.40. The first-order chi connectivity index (χ1) is 11.2. The topological polar surface area (TPSA) is 83.7 Å². The highest BCUT2D eigenvalue weighted by Gasteiger charge is 2.17. The maximum atomic E-state index is 12.3. The quantitative estimate of drug-likeness (QED) is 0.730. The van der Waals surface area contributed by atoms with Gasteiger partial charge in [-0.15, -0.1) is 0 Å². The third-order valence-electron chi connectivity index (χ3n) is 3.31. The van der Waals surface area contributed by atoms with Crippen LogP contribution in [0.15, 0.2) is 39.5 Å². The molecule has 0 fully saturated rings. The van der Waals surface area contributed by atoms with Gasteiger partial charge in [0.15, 0.2) is 0 Å². The molecule has 0 N–H and O–H groups in total. The number of aromatic nitrogens is 2. The normalized spacial score (nSPS) is 10.6. The van der Waals surface area contributed by atoms with Crippen LogP contribution in [0.1, 0.15) is 0 Å². The summed E-state index contributed by atoms with van der Waals surface area (Å²) in [5.41, 5.74) is 0.416. The molecule has 0 amide bonds. The van der Waals surface area contributed by atoms with E-state index in [9.17, 15) is 4.79 Å². The molecular weight excluding hydrogens is 300 g/mol. The largest absolute Gasteiger partial charge is 0.496 e. The third kappa shape index (κ3) is 2.57. The van der Waals surface area contributed by atoms with Crippen LogP contribution in [0.4, 0.5) is 0 Å². The minimum absolute atomic E-state index is 0.103. The number of nitrogens with zero attached hydrogens (tertiary/aromatic N) is 2. The third-order valence-corrected chi connectivity index (χ3v) is 3.31. The molecule has 0 aliphatic carbocycles. The SMILES string of the molecule is COc1nc(OC)c2c(=O)oc(-c3ccccc3OC)cc2n1. The van der Waals surface area contributed by atoms with Crippen LogP contribution in [0.3, 0.4) is 0 Å². The molecule has 1 aromatic carbocycles. The van der Waals surface area contributed by atoms with Gasteiger partial charge in [-0.05, 0) is 12.1 Å². The van der Waals surface area contributed by atoms with Gasteiger partial charge in [-0.25, -0.2) is 4.79 Å². The summed E-state index contributed by atoms with van der Waals surface area (Å²) in [6.07, 6.45) is 0.